The quantitative estimate of drug-likeness (QED) is 0.606. The van der Waals surface area contributed by atoms with Crippen LogP contribution in [-0.4, -0.2) is 43.7 Å². The summed E-state index contributed by atoms with van der Waals surface area (Å²) in [6, 6.07) is 14.8. The zero-order valence-corrected chi connectivity index (χ0v) is 15.7. The summed E-state index contributed by atoms with van der Waals surface area (Å²) in [5.41, 5.74) is 9.31. The monoisotopic (exact) mass is 370 g/mol. The number of rotatable bonds is 6. The van der Waals surface area contributed by atoms with E-state index >= 15 is 0 Å². The van der Waals surface area contributed by atoms with E-state index in [4.69, 9.17) is 10.5 Å². The van der Waals surface area contributed by atoms with Crippen molar-refractivity contribution in [2.24, 2.45) is 10.7 Å². The lowest BCUT2D eigenvalue weighted by molar-refractivity contribution is 0.0180. The lowest BCUT2D eigenvalue weighted by Crippen LogP contribution is -2.40. The molecule has 3 rings (SSSR count). The van der Waals surface area contributed by atoms with Crippen molar-refractivity contribution in [1.82, 2.24) is 4.90 Å². The minimum absolute atomic E-state index is 0.0392. The molecule has 1 fully saturated rings. The van der Waals surface area contributed by atoms with Crippen LogP contribution in [0.5, 0.6) is 0 Å². The molecule has 0 aromatic heterocycles. The lowest BCUT2D eigenvalue weighted by Gasteiger charge is -2.34. The van der Waals surface area contributed by atoms with Crippen LogP contribution in [0.3, 0.4) is 0 Å². The van der Waals surface area contributed by atoms with Crippen LogP contribution >= 0.6 is 0 Å². The number of ether oxygens (including phenoxy) is 1. The summed E-state index contributed by atoms with van der Waals surface area (Å²) in [6.07, 6.45) is 1.00. The molecule has 0 amide bonds. The average Bonchev–Trinajstić information content (AvgIpc) is 2.71. The van der Waals surface area contributed by atoms with Gasteiger partial charge in [0, 0.05) is 18.8 Å². The molecule has 3 N–H and O–H groups in total. The molecule has 0 spiro atoms. The number of guanidine groups is 1. The standard InChI is InChI=1S/C21H27FN4O/c1-2-16-3-9-19(10-4-16)25-21(23)24-15-20(26-11-13-27-14-12-26)17-5-7-18(22)8-6-17/h3-10,20H,2,11-15H2,1H3,(H3,23,24,25). The Kier molecular flexibility index (Phi) is 6.79. The molecule has 1 unspecified atom stereocenters. The molecular weight excluding hydrogens is 343 g/mol. The maximum atomic E-state index is 13.3. The number of nitrogens with zero attached hydrogens (tertiary/aromatic N) is 2. The summed E-state index contributed by atoms with van der Waals surface area (Å²) in [6.45, 7) is 5.65. The van der Waals surface area contributed by atoms with Gasteiger partial charge in [0.2, 0.25) is 0 Å². The van der Waals surface area contributed by atoms with Gasteiger partial charge >= 0.3 is 0 Å². The van der Waals surface area contributed by atoms with Crippen LogP contribution < -0.4 is 11.1 Å². The first-order valence-corrected chi connectivity index (χ1v) is 9.39. The van der Waals surface area contributed by atoms with E-state index in [0.29, 0.717) is 25.7 Å². The van der Waals surface area contributed by atoms with Gasteiger partial charge in [0.25, 0.3) is 0 Å². The number of aryl methyl sites for hydroxylation is 1. The van der Waals surface area contributed by atoms with E-state index in [0.717, 1.165) is 30.8 Å². The molecule has 0 radical (unpaired) electrons. The zero-order valence-electron chi connectivity index (χ0n) is 15.7. The second-order valence-electron chi connectivity index (χ2n) is 6.62. The molecule has 1 aliphatic heterocycles. The van der Waals surface area contributed by atoms with Crippen LogP contribution in [0.2, 0.25) is 0 Å². The first-order chi connectivity index (χ1) is 13.2. The van der Waals surface area contributed by atoms with Crippen molar-refractivity contribution in [1.29, 1.82) is 0 Å². The lowest BCUT2D eigenvalue weighted by atomic mass is 10.0. The summed E-state index contributed by atoms with van der Waals surface area (Å²) < 4.78 is 18.8. The molecule has 0 aliphatic carbocycles. The average molecular weight is 370 g/mol. The summed E-state index contributed by atoms with van der Waals surface area (Å²) in [4.78, 5) is 6.85. The number of morpholine rings is 1. The fourth-order valence-corrected chi connectivity index (χ4v) is 3.20. The molecule has 0 bridgehead atoms. The van der Waals surface area contributed by atoms with Gasteiger partial charge in [-0.3, -0.25) is 9.89 Å². The molecule has 2 aromatic rings. The van der Waals surface area contributed by atoms with Crippen LogP contribution in [0.4, 0.5) is 10.1 Å². The number of anilines is 1. The summed E-state index contributed by atoms with van der Waals surface area (Å²) in [7, 11) is 0. The molecule has 1 atom stereocenters. The summed E-state index contributed by atoms with van der Waals surface area (Å²) >= 11 is 0. The van der Waals surface area contributed by atoms with Crippen molar-refractivity contribution < 1.29 is 9.13 Å². The molecule has 2 aromatic carbocycles. The van der Waals surface area contributed by atoms with Crippen molar-refractivity contribution in [3.8, 4) is 0 Å². The van der Waals surface area contributed by atoms with E-state index in [2.05, 4.69) is 34.3 Å². The molecule has 1 saturated heterocycles. The maximum Gasteiger partial charge on any atom is 0.193 e. The number of halogens is 1. The topological polar surface area (TPSA) is 62.9 Å². The van der Waals surface area contributed by atoms with Crippen molar-refractivity contribution in [2.75, 3.05) is 38.2 Å². The molecule has 1 heterocycles. The third-order valence-corrected chi connectivity index (χ3v) is 4.81. The molecule has 144 valence electrons. The second-order valence-corrected chi connectivity index (χ2v) is 6.62. The normalized spacial score (nSPS) is 16.9. The van der Waals surface area contributed by atoms with Crippen molar-refractivity contribution >= 4 is 11.6 Å². The van der Waals surface area contributed by atoms with E-state index in [1.807, 2.05) is 24.3 Å². The Morgan fingerprint density at radius 3 is 2.44 bits per heavy atom. The number of hydrogen-bond donors (Lipinski definition) is 2. The van der Waals surface area contributed by atoms with Crippen LogP contribution in [0.25, 0.3) is 0 Å². The highest BCUT2D eigenvalue weighted by Crippen LogP contribution is 2.23. The van der Waals surface area contributed by atoms with Gasteiger partial charge in [0.15, 0.2) is 5.96 Å². The number of benzene rings is 2. The maximum absolute atomic E-state index is 13.3. The predicted octanol–water partition coefficient (Wildman–Crippen LogP) is 3.19. The fraction of sp³-hybridized carbons (Fsp3) is 0.381. The molecular formula is C21H27FN4O. The van der Waals surface area contributed by atoms with E-state index < -0.39 is 0 Å². The summed E-state index contributed by atoms with van der Waals surface area (Å²) in [5, 5.41) is 3.14. The molecule has 6 heteroatoms. The SMILES string of the molecule is CCc1ccc(NC(N)=NCC(c2ccc(F)cc2)N2CCOCC2)cc1. The Labute approximate surface area is 160 Å². The number of aliphatic imine (C=N–C) groups is 1. The Morgan fingerprint density at radius 2 is 1.81 bits per heavy atom. The molecule has 27 heavy (non-hydrogen) atoms. The van der Waals surface area contributed by atoms with Gasteiger partial charge in [-0.25, -0.2) is 4.39 Å². The highest BCUT2D eigenvalue weighted by molar-refractivity contribution is 5.92. The number of nitrogens with two attached hydrogens (primary N) is 1. The molecule has 0 saturated carbocycles. The third kappa shape index (κ3) is 5.52. The molecule has 1 aliphatic rings. The van der Waals surface area contributed by atoms with Gasteiger partial charge in [-0.2, -0.15) is 0 Å². The van der Waals surface area contributed by atoms with E-state index in [1.54, 1.807) is 0 Å². The third-order valence-electron chi connectivity index (χ3n) is 4.81. The minimum atomic E-state index is -0.236. The van der Waals surface area contributed by atoms with Gasteiger partial charge in [0.1, 0.15) is 5.82 Å². The first-order valence-electron chi connectivity index (χ1n) is 9.39. The minimum Gasteiger partial charge on any atom is -0.379 e. The molecule has 5 nitrogen and oxygen atoms in total. The van der Waals surface area contributed by atoms with Gasteiger partial charge in [-0.05, 0) is 41.8 Å². The van der Waals surface area contributed by atoms with Crippen molar-refractivity contribution in [3.63, 3.8) is 0 Å². The van der Waals surface area contributed by atoms with Crippen molar-refractivity contribution in [2.45, 2.75) is 19.4 Å². The van der Waals surface area contributed by atoms with E-state index in [-0.39, 0.29) is 11.9 Å². The highest BCUT2D eigenvalue weighted by Gasteiger charge is 2.22. The van der Waals surface area contributed by atoms with Gasteiger partial charge in [-0.15, -0.1) is 0 Å². The predicted molar refractivity (Wildman–Crippen MR) is 107 cm³/mol. The zero-order chi connectivity index (χ0) is 19.1. The van der Waals surface area contributed by atoms with Gasteiger partial charge < -0.3 is 15.8 Å². The fourth-order valence-electron chi connectivity index (χ4n) is 3.20. The van der Waals surface area contributed by atoms with Crippen LogP contribution in [0.1, 0.15) is 24.1 Å². The first kappa shape index (κ1) is 19.3. The Morgan fingerprint density at radius 1 is 1.15 bits per heavy atom. The smallest absolute Gasteiger partial charge is 0.193 e. The van der Waals surface area contributed by atoms with Crippen LogP contribution in [0, 0.1) is 5.82 Å². The van der Waals surface area contributed by atoms with Gasteiger partial charge in [-0.1, -0.05) is 31.2 Å². The van der Waals surface area contributed by atoms with Crippen LogP contribution in [0.15, 0.2) is 53.5 Å². The van der Waals surface area contributed by atoms with Crippen LogP contribution in [-0.2, 0) is 11.2 Å². The van der Waals surface area contributed by atoms with E-state index in [9.17, 15) is 4.39 Å². The Balaban J connectivity index is 1.70. The number of hydrogen-bond acceptors (Lipinski definition) is 3. The highest BCUT2D eigenvalue weighted by atomic mass is 19.1. The Hall–Kier alpha value is -2.44. The second kappa shape index (κ2) is 9.48. The summed E-state index contributed by atoms with van der Waals surface area (Å²) in [5.74, 6) is 0.138. The van der Waals surface area contributed by atoms with Gasteiger partial charge in [0.05, 0.1) is 25.8 Å². The van der Waals surface area contributed by atoms with E-state index in [1.165, 1.54) is 17.7 Å². The Bertz CT molecular complexity index is 740. The number of nitrogens with one attached hydrogen (secondary N) is 1. The largest absolute Gasteiger partial charge is 0.379 e. The van der Waals surface area contributed by atoms with Crippen molar-refractivity contribution in [3.05, 3.63) is 65.5 Å².